The molecule has 7 heteroatoms. The highest BCUT2D eigenvalue weighted by atomic mass is 35.5. The zero-order chi connectivity index (χ0) is 20.0. The fraction of sp³-hybridized carbons (Fsp3) is 0.364. The van der Waals surface area contributed by atoms with Gasteiger partial charge in [-0.25, -0.2) is 4.99 Å². The van der Waals surface area contributed by atoms with E-state index in [4.69, 9.17) is 21.6 Å². The van der Waals surface area contributed by atoms with Crippen LogP contribution in [-0.4, -0.2) is 48.8 Å². The number of amidine groups is 2. The lowest BCUT2D eigenvalue weighted by atomic mass is 9.99. The van der Waals surface area contributed by atoms with Crippen molar-refractivity contribution < 1.29 is 0 Å². The molecule has 1 saturated heterocycles. The highest BCUT2D eigenvalue weighted by molar-refractivity contribution is 7.09. The Balaban J connectivity index is 1.66. The largest absolute Gasteiger partial charge is 0.351 e. The number of nitrogens with zero attached hydrogens (tertiary/aromatic N) is 4. The van der Waals surface area contributed by atoms with Gasteiger partial charge in [-0.3, -0.25) is 9.89 Å². The second kappa shape index (κ2) is 7.59. The Kier molecular flexibility index (Phi) is 4.94. The first-order valence-electron chi connectivity index (χ1n) is 10.1. The fourth-order valence-electron chi connectivity index (χ4n) is 4.12. The first-order chi connectivity index (χ1) is 14.1. The van der Waals surface area contributed by atoms with Crippen molar-refractivity contribution in [3.05, 3.63) is 56.9 Å². The number of thiophene rings is 1. The van der Waals surface area contributed by atoms with Crippen molar-refractivity contribution in [2.24, 2.45) is 9.98 Å². The molecule has 0 aliphatic carbocycles. The van der Waals surface area contributed by atoms with Gasteiger partial charge in [-0.2, -0.15) is 0 Å². The average molecular weight is 426 g/mol. The van der Waals surface area contributed by atoms with Gasteiger partial charge in [0.25, 0.3) is 0 Å². The van der Waals surface area contributed by atoms with E-state index < -0.39 is 0 Å². The molecule has 0 amide bonds. The molecule has 1 aromatic heterocycles. The first-order valence-corrected chi connectivity index (χ1v) is 11.3. The standard InChI is InChI=1S/C22H24ClN5S/c1-14-15(2)25-22-21(27-9-7-24-8-10-27)26-18-6-5-16(23)12-20(18)28(22)19(14)13-17-4-3-11-29-17/h3-6,11-12,15,24H,7-10,13H2,1-2H3. The number of fused-ring (bicyclic) bond motifs is 3. The van der Waals surface area contributed by atoms with Crippen molar-refractivity contribution >= 4 is 46.0 Å². The number of hydrogen-bond donors (Lipinski definition) is 1. The lowest BCUT2D eigenvalue weighted by molar-refractivity contribution is 0.360. The zero-order valence-corrected chi connectivity index (χ0v) is 18.2. The smallest absolute Gasteiger partial charge is 0.176 e. The Morgan fingerprint density at radius 1 is 1.21 bits per heavy atom. The molecule has 29 heavy (non-hydrogen) atoms. The van der Waals surface area contributed by atoms with Gasteiger partial charge in [-0.05, 0) is 49.1 Å². The summed E-state index contributed by atoms with van der Waals surface area (Å²) in [7, 11) is 0. The number of benzene rings is 1. The molecule has 1 N–H and O–H groups in total. The second-order valence-corrected chi connectivity index (χ2v) is 9.12. The lowest BCUT2D eigenvalue weighted by Crippen LogP contribution is -2.54. The Morgan fingerprint density at radius 3 is 2.79 bits per heavy atom. The van der Waals surface area contributed by atoms with Gasteiger partial charge in [0.2, 0.25) is 0 Å². The van der Waals surface area contributed by atoms with Crippen molar-refractivity contribution in [2.45, 2.75) is 26.3 Å². The molecule has 1 atom stereocenters. The van der Waals surface area contributed by atoms with E-state index in [1.807, 2.05) is 18.2 Å². The summed E-state index contributed by atoms with van der Waals surface area (Å²) in [5, 5.41) is 6.29. The van der Waals surface area contributed by atoms with Gasteiger partial charge in [-0.15, -0.1) is 11.3 Å². The van der Waals surface area contributed by atoms with E-state index in [-0.39, 0.29) is 6.04 Å². The number of aliphatic imine (C=N–C) groups is 2. The van der Waals surface area contributed by atoms with Crippen molar-refractivity contribution in [1.29, 1.82) is 0 Å². The highest BCUT2D eigenvalue weighted by Crippen LogP contribution is 2.41. The number of halogens is 1. The third-order valence-electron chi connectivity index (χ3n) is 5.82. The summed E-state index contributed by atoms with van der Waals surface area (Å²) in [6, 6.07) is 10.4. The normalized spacial score (nSPS) is 21.6. The topological polar surface area (TPSA) is 43.2 Å². The maximum Gasteiger partial charge on any atom is 0.176 e. The highest BCUT2D eigenvalue weighted by Gasteiger charge is 2.37. The molecule has 3 aliphatic heterocycles. The molecule has 2 aromatic rings. The van der Waals surface area contributed by atoms with Crippen LogP contribution in [0.25, 0.3) is 0 Å². The number of allylic oxidation sites excluding steroid dienone is 1. The molecule has 4 heterocycles. The van der Waals surface area contributed by atoms with Crippen LogP contribution in [-0.2, 0) is 6.42 Å². The van der Waals surface area contributed by atoms with E-state index in [1.165, 1.54) is 16.1 Å². The van der Waals surface area contributed by atoms with Crippen LogP contribution in [0, 0.1) is 0 Å². The minimum absolute atomic E-state index is 0.130. The molecule has 1 unspecified atom stereocenters. The molecular weight excluding hydrogens is 402 g/mol. The average Bonchev–Trinajstić information content (AvgIpc) is 3.24. The number of anilines is 1. The maximum atomic E-state index is 6.40. The SMILES string of the molecule is CC1=C(Cc2cccs2)N2C(=NC1C)C(N1CCNCC1)=Nc1ccc(Cl)cc12. The summed E-state index contributed by atoms with van der Waals surface area (Å²) in [4.78, 5) is 16.2. The monoisotopic (exact) mass is 425 g/mol. The number of nitrogens with one attached hydrogen (secondary N) is 1. The van der Waals surface area contributed by atoms with Crippen molar-refractivity contribution in [3.63, 3.8) is 0 Å². The molecule has 3 aliphatic rings. The van der Waals surface area contributed by atoms with Crippen LogP contribution in [0.15, 0.2) is 57.0 Å². The Morgan fingerprint density at radius 2 is 2.03 bits per heavy atom. The minimum atomic E-state index is 0.130. The lowest BCUT2D eigenvalue weighted by Gasteiger charge is -2.42. The van der Waals surface area contributed by atoms with Crippen LogP contribution in [0.1, 0.15) is 18.7 Å². The summed E-state index contributed by atoms with van der Waals surface area (Å²) in [5.74, 6) is 1.93. The van der Waals surface area contributed by atoms with Gasteiger partial charge in [0.1, 0.15) is 0 Å². The fourth-order valence-corrected chi connectivity index (χ4v) is 5.00. The van der Waals surface area contributed by atoms with Gasteiger partial charge in [-0.1, -0.05) is 17.7 Å². The summed E-state index contributed by atoms with van der Waals surface area (Å²) in [6.45, 7) is 8.18. The summed E-state index contributed by atoms with van der Waals surface area (Å²) in [6.07, 6.45) is 0.883. The summed E-state index contributed by atoms with van der Waals surface area (Å²) in [5.41, 5.74) is 4.56. The summed E-state index contributed by atoms with van der Waals surface area (Å²) >= 11 is 8.20. The van der Waals surface area contributed by atoms with Crippen LogP contribution in [0.3, 0.4) is 0 Å². The molecule has 5 nitrogen and oxygen atoms in total. The Bertz CT molecular complexity index is 1020. The summed E-state index contributed by atoms with van der Waals surface area (Å²) < 4.78 is 0. The predicted octanol–water partition coefficient (Wildman–Crippen LogP) is 4.47. The van der Waals surface area contributed by atoms with Crippen LogP contribution >= 0.6 is 22.9 Å². The molecule has 0 saturated carbocycles. The predicted molar refractivity (Wildman–Crippen MR) is 123 cm³/mol. The number of rotatable bonds is 2. The van der Waals surface area contributed by atoms with E-state index >= 15 is 0 Å². The minimum Gasteiger partial charge on any atom is -0.351 e. The van der Waals surface area contributed by atoms with E-state index in [0.29, 0.717) is 0 Å². The molecular formula is C22H24ClN5S. The number of piperazine rings is 1. The van der Waals surface area contributed by atoms with Crippen molar-refractivity contribution in [2.75, 3.05) is 31.1 Å². The first kappa shape index (κ1) is 18.9. The van der Waals surface area contributed by atoms with E-state index in [1.54, 1.807) is 11.3 Å². The van der Waals surface area contributed by atoms with Crippen LogP contribution in [0.5, 0.6) is 0 Å². The van der Waals surface area contributed by atoms with Gasteiger partial charge in [0.05, 0.1) is 17.4 Å². The third kappa shape index (κ3) is 3.39. The molecule has 1 aromatic carbocycles. The van der Waals surface area contributed by atoms with Crippen LogP contribution in [0.4, 0.5) is 11.4 Å². The van der Waals surface area contributed by atoms with Crippen molar-refractivity contribution in [3.8, 4) is 0 Å². The Labute approximate surface area is 180 Å². The second-order valence-electron chi connectivity index (χ2n) is 7.66. The van der Waals surface area contributed by atoms with E-state index in [0.717, 1.165) is 60.7 Å². The van der Waals surface area contributed by atoms with Gasteiger partial charge < -0.3 is 10.2 Å². The quantitative estimate of drug-likeness (QED) is 0.771. The molecule has 0 bridgehead atoms. The Hall–Kier alpha value is -2.15. The third-order valence-corrected chi connectivity index (χ3v) is 6.93. The maximum absolute atomic E-state index is 6.40. The van der Waals surface area contributed by atoms with Gasteiger partial charge >= 0.3 is 0 Å². The van der Waals surface area contributed by atoms with Crippen molar-refractivity contribution in [1.82, 2.24) is 10.2 Å². The van der Waals surface area contributed by atoms with Crippen LogP contribution in [0.2, 0.25) is 5.02 Å². The molecule has 0 radical (unpaired) electrons. The van der Waals surface area contributed by atoms with Crippen LogP contribution < -0.4 is 10.2 Å². The van der Waals surface area contributed by atoms with E-state index in [9.17, 15) is 0 Å². The molecule has 150 valence electrons. The zero-order valence-electron chi connectivity index (χ0n) is 16.7. The molecule has 0 spiro atoms. The molecule has 1 fully saturated rings. The van der Waals surface area contributed by atoms with Gasteiger partial charge in [0.15, 0.2) is 11.7 Å². The molecule has 5 rings (SSSR count). The van der Waals surface area contributed by atoms with Gasteiger partial charge in [0, 0.05) is 48.2 Å². The number of hydrogen-bond acceptors (Lipinski definition) is 6. The van der Waals surface area contributed by atoms with E-state index in [2.05, 4.69) is 46.5 Å².